The molecule has 0 radical (unpaired) electrons. The van der Waals surface area contributed by atoms with Gasteiger partial charge in [0.1, 0.15) is 11.9 Å². The van der Waals surface area contributed by atoms with Crippen LogP contribution in [-0.2, 0) is 14.4 Å². The highest BCUT2D eigenvalue weighted by Crippen LogP contribution is 2.30. The molecule has 0 spiro atoms. The van der Waals surface area contributed by atoms with Crippen molar-refractivity contribution in [1.29, 1.82) is 0 Å². The molecule has 0 bridgehead atoms. The number of benzene rings is 1. The van der Waals surface area contributed by atoms with Crippen LogP contribution in [0.2, 0.25) is 0 Å². The number of hydrogen-bond acceptors (Lipinski definition) is 6. The molecule has 0 aromatic heterocycles. The maximum atomic E-state index is 14.8. The molecule has 9 heteroatoms. The molecule has 8 nitrogen and oxygen atoms in total. The van der Waals surface area contributed by atoms with Gasteiger partial charge in [0, 0.05) is 32.6 Å². The highest BCUT2D eigenvalue weighted by atomic mass is 19.1. The third-order valence-corrected chi connectivity index (χ3v) is 5.20. The Bertz CT molecular complexity index is 757. The average molecular weight is 392 g/mol. The predicted molar refractivity (Wildman–Crippen MR) is 101 cm³/mol. The largest absolute Gasteiger partial charge is 0.442 e. The van der Waals surface area contributed by atoms with Crippen LogP contribution in [0.15, 0.2) is 18.2 Å². The Labute approximate surface area is 163 Å². The van der Waals surface area contributed by atoms with Crippen molar-refractivity contribution in [2.24, 2.45) is 0 Å². The van der Waals surface area contributed by atoms with Gasteiger partial charge in [0.05, 0.1) is 31.1 Å². The van der Waals surface area contributed by atoms with Gasteiger partial charge in [-0.15, -0.1) is 0 Å². The molecule has 2 heterocycles. The van der Waals surface area contributed by atoms with Gasteiger partial charge in [-0.1, -0.05) is 0 Å². The van der Waals surface area contributed by atoms with Gasteiger partial charge in [0.15, 0.2) is 0 Å². The fourth-order valence-corrected chi connectivity index (χ4v) is 3.57. The molecule has 1 aromatic rings. The number of halogens is 1. The van der Waals surface area contributed by atoms with Gasteiger partial charge >= 0.3 is 6.09 Å². The SMILES string of the molecule is CC(=O)NCC1CN(c2ccc(N3CCON(C4CC4)CC3)c(F)c2)C(=O)O1. The summed E-state index contributed by atoms with van der Waals surface area (Å²) < 4.78 is 20.1. The lowest BCUT2D eigenvalue weighted by atomic mass is 10.2. The van der Waals surface area contributed by atoms with Gasteiger partial charge in [-0.2, -0.15) is 5.06 Å². The first-order valence-electron chi connectivity index (χ1n) is 9.68. The summed E-state index contributed by atoms with van der Waals surface area (Å²) in [5.41, 5.74) is 0.953. The molecule has 1 saturated carbocycles. The zero-order valence-corrected chi connectivity index (χ0v) is 15.9. The van der Waals surface area contributed by atoms with E-state index >= 15 is 0 Å². The van der Waals surface area contributed by atoms with Crippen molar-refractivity contribution >= 4 is 23.4 Å². The van der Waals surface area contributed by atoms with Crippen LogP contribution in [0, 0.1) is 5.82 Å². The van der Waals surface area contributed by atoms with E-state index < -0.39 is 12.2 Å². The summed E-state index contributed by atoms with van der Waals surface area (Å²) in [6.45, 7) is 4.49. The minimum atomic E-state index is -0.536. The van der Waals surface area contributed by atoms with Crippen molar-refractivity contribution in [1.82, 2.24) is 10.4 Å². The molecule has 1 aliphatic carbocycles. The number of anilines is 2. The number of carbonyl (C=O) groups is 2. The van der Waals surface area contributed by atoms with Gasteiger partial charge in [-0.25, -0.2) is 9.18 Å². The highest BCUT2D eigenvalue weighted by Gasteiger charge is 2.34. The topological polar surface area (TPSA) is 74.4 Å². The molecule has 2 saturated heterocycles. The van der Waals surface area contributed by atoms with E-state index in [4.69, 9.17) is 9.57 Å². The summed E-state index contributed by atoms with van der Waals surface area (Å²) in [5, 5.41) is 4.64. The van der Waals surface area contributed by atoms with Crippen molar-refractivity contribution in [2.45, 2.75) is 31.9 Å². The maximum absolute atomic E-state index is 14.8. The van der Waals surface area contributed by atoms with Crippen LogP contribution in [0.5, 0.6) is 0 Å². The number of nitrogens with zero attached hydrogens (tertiary/aromatic N) is 3. The molecule has 28 heavy (non-hydrogen) atoms. The molecule has 1 unspecified atom stereocenters. The zero-order chi connectivity index (χ0) is 19.7. The summed E-state index contributed by atoms with van der Waals surface area (Å²) in [6.07, 6.45) is 1.34. The minimum Gasteiger partial charge on any atom is -0.442 e. The number of ether oxygens (including phenoxy) is 1. The Morgan fingerprint density at radius 2 is 2.11 bits per heavy atom. The lowest BCUT2D eigenvalue weighted by Gasteiger charge is -2.24. The Morgan fingerprint density at radius 1 is 1.29 bits per heavy atom. The second-order valence-corrected chi connectivity index (χ2v) is 7.38. The minimum absolute atomic E-state index is 0.188. The first kappa shape index (κ1) is 18.9. The third-order valence-electron chi connectivity index (χ3n) is 5.20. The summed E-state index contributed by atoms with van der Waals surface area (Å²) in [4.78, 5) is 32.3. The van der Waals surface area contributed by atoms with E-state index in [0.717, 1.165) is 19.4 Å². The Kier molecular flexibility index (Phi) is 5.36. The fraction of sp³-hybridized carbons (Fsp3) is 0.579. The number of carbonyl (C=O) groups excluding carboxylic acids is 2. The number of hydroxylamine groups is 2. The van der Waals surface area contributed by atoms with Crippen molar-refractivity contribution in [2.75, 3.05) is 49.1 Å². The predicted octanol–water partition coefficient (Wildman–Crippen LogP) is 1.50. The second kappa shape index (κ2) is 7.92. The van der Waals surface area contributed by atoms with Crippen LogP contribution in [0.4, 0.5) is 20.6 Å². The van der Waals surface area contributed by atoms with E-state index in [2.05, 4.69) is 5.32 Å². The lowest BCUT2D eigenvalue weighted by molar-refractivity contribution is -0.154. The number of amides is 2. The number of hydrogen-bond donors (Lipinski definition) is 1. The normalized spacial score (nSPS) is 23.5. The molecular formula is C19H25FN4O4. The summed E-state index contributed by atoms with van der Waals surface area (Å²) in [6, 6.07) is 5.30. The quantitative estimate of drug-likeness (QED) is 0.819. The summed E-state index contributed by atoms with van der Waals surface area (Å²) >= 11 is 0. The van der Waals surface area contributed by atoms with E-state index in [1.165, 1.54) is 17.9 Å². The summed E-state index contributed by atoms with van der Waals surface area (Å²) in [5.74, 6) is -0.568. The van der Waals surface area contributed by atoms with Gasteiger partial charge in [0.2, 0.25) is 5.91 Å². The second-order valence-electron chi connectivity index (χ2n) is 7.38. The van der Waals surface area contributed by atoms with Crippen LogP contribution in [0.3, 0.4) is 0 Å². The average Bonchev–Trinajstić information content (AvgIpc) is 3.45. The number of rotatable bonds is 5. The van der Waals surface area contributed by atoms with Crippen LogP contribution in [-0.4, -0.2) is 68.5 Å². The molecule has 3 aliphatic rings. The van der Waals surface area contributed by atoms with Crippen LogP contribution in [0.1, 0.15) is 19.8 Å². The monoisotopic (exact) mass is 392 g/mol. The number of cyclic esters (lactones) is 1. The van der Waals surface area contributed by atoms with E-state index in [0.29, 0.717) is 37.1 Å². The van der Waals surface area contributed by atoms with Crippen LogP contribution >= 0.6 is 0 Å². The molecule has 1 atom stereocenters. The van der Waals surface area contributed by atoms with E-state index in [1.807, 2.05) is 9.96 Å². The standard InChI is InChI=1S/C19H25FN4O4/c1-13(25)21-11-16-12-23(19(26)28-16)15-4-5-18(17(20)10-15)22-6-7-24(14-2-3-14)27-9-8-22/h4-5,10,14,16H,2-3,6-9,11-12H2,1H3,(H,21,25). The van der Waals surface area contributed by atoms with Crippen LogP contribution < -0.4 is 15.1 Å². The highest BCUT2D eigenvalue weighted by molar-refractivity contribution is 5.90. The van der Waals surface area contributed by atoms with Gasteiger partial charge in [-0.3, -0.25) is 14.5 Å². The first-order chi connectivity index (χ1) is 13.5. The lowest BCUT2D eigenvalue weighted by Crippen LogP contribution is -2.33. The molecular weight excluding hydrogens is 367 g/mol. The van der Waals surface area contributed by atoms with Gasteiger partial charge in [0.25, 0.3) is 0 Å². The molecule has 1 aromatic carbocycles. The van der Waals surface area contributed by atoms with Crippen molar-refractivity contribution in [3.8, 4) is 0 Å². The Hall–Kier alpha value is -2.39. The molecule has 1 N–H and O–H groups in total. The molecule has 152 valence electrons. The van der Waals surface area contributed by atoms with E-state index in [1.54, 1.807) is 12.1 Å². The smallest absolute Gasteiger partial charge is 0.414 e. The zero-order valence-electron chi connectivity index (χ0n) is 15.9. The van der Waals surface area contributed by atoms with Crippen molar-refractivity contribution in [3.05, 3.63) is 24.0 Å². The van der Waals surface area contributed by atoms with Gasteiger partial charge in [-0.05, 0) is 31.0 Å². The molecule has 4 rings (SSSR count). The van der Waals surface area contributed by atoms with Crippen molar-refractivity contribution < 1.29 is 23.6 Å². The summed E-state index contributed by atoms with van der Waals surface area (Å²) in [7, 11) is 0. The van der Waals surface area contributed by atoms with Crippen LogP contribution in [0.25, 0.3) is 0 Å². The fourth-order valence-electron chi connectivity index (χ4n) is 3.57. The van der Waals surface area contributed by atoms with Crippen molar-refractivity contribution in [3.63, 3.8) is 0 Å². The van der Waals surface area contributed by atoms with Gasteiger partial charge < -0.3 is 15.0 Å². The maximum Gasteiger partial charge on any atom is 0.414 e. The number of nitrogens with one attached hydrogen (secondary N) is 1. The van der Waals surface area contributed by atoms with E-state index in [-0.39, 0.29) is 24.8 Å². The molecule has 2 aliphatic heterocycles. The molecule has 3 fully saturated rings. The van der Waals surface area contributed by atoms with E-state index in [9.17, 15) is 14.0 Å². The molecule has 2 amide bonds. The Morgan fingerprint density at radius 3 is 2.82 bits per heavy atom. The third kappa shape index (κ3) is 4.20. The first-order valence-corrected chi connectivity index (χ1v) is 9.68. The Balaban J connectivity index is 1.41.